The van der Waals surface area contributed by atoms with Crippen LogP contribution in [0.15, 0.2) is 65.5 Å². The van der Waals surface area contributed by atoms with Crippen LogP contribution < -0.4 is 15.6 Å². The van der Waals surface area contributed by atoms with Crippen molar-refractivity contribution < 1.29 is 14.3 Å². The number of para-hydroxylation sites is 1. The molecule has 1 N–H and O–H groups in total. The summed E-state index contributed by atoms with van der Waals surface area (Å²) in [5, 5.41) is 4.01. The van der Waals surface area contributed by atoms with Gasteiger partial charge in [0.2, 0.25) is 0 Å². The number of urea groups is 1. The third-order valence-electron chi connectivity index (χ3n) is 6.19. The van der Waals surface area contributed by atoms with Gasteiger partial charge in [0.1, 0.15) is 11.6 Å². The van der Waals surface area contributed by atoms with Gasteiger partial charge in [-0.3, -0.25) is 9.36 Å². The number of carbonyl (C=O) groups is 1. The van der Waals surface area contributed by atoms with Crippen molar-refractivity contribution in [3.8, 4) is 11.4 Å². The first kappa shape index (κ1) is 27.4. The van der Waals surface area contributed by atoms with Gasteiger partial charge in [-0.1, -0.05) is 41.4 Å². The van der Waals surface area contributed by atoms with Crippen LogP contribution in [0.25, 0.3) is 16.6 Å². The second-order valence-corrected chi connectivity index (χ2v) is 9.54. The van der Waals surface area contributed by atoms with E-state index in [2.05, 4.69) is 5.32 Å². The van der Waals surface area contributed by atoms with E-state index in [0.29, 0.717) is 43.9 Å². The van der Waals surface area contributed by atoms with Gasteiger partial charge in [-0.15, -0.1) is 0 Å². The monoisotopic (exact) mass is 554 g/mol. The summed E-state index contributed by atoms with van der Waals surface area (Å²) in [6, 6.07) is 16.5. The predicted molar refractivity (Wildman–Crippen MR) is 151 cm³/mol. The van der Waals surface area contributed by atoms with Gasteiger partial charge in [0.05, 0.1) is 46.4 Å². The molecule has 4 aromatic rings. The van der Waals surface area contributed by atoms with E-state index in [1.54, 1.807) is 61.6 Å². The molecule has 0 aliphatic rings. The summed E-state index contributed by atoms with van der Waals surface area (Å²) in [5.74, 6) is 0.880. The second kappa shape index (κ2) is 11.9. The molecule has 38 heavy (non-hydrogen) atoms. The fraction of sp³-hybridized carbons (Fsp3) is 0.250. The third kappa shape index (κ3) is 5.62. The molecule has 10 heteroatoms. The lowest BCUT2D eigenvalue weighted by Gasteiger charge is -2.30. The lowest BCUT2D eigenvalue weighted by atomic mass is 10.1. The Morgan fingerprint density at radius 1 is 1.08 bits per heavy atom. The number of hydrogen-bond donors (Lipinski definition) is 1. The van der Waals surface area contributed by atoms with E-state index in [0.717, 1.165) is 5.56 Å². The minimum absolute atomic E-state index is 0.235. The Kier molecular flexibility index (Phi) is 8.56. The van der Waals surface area contributed by atoms with Gasteiger partial charge in [0, 0.05) is 19.3 Å². The molecule has 0 saturated heterocycles. The number of nitrogens with zero attached hydrogens (tertiary/aromatic N) is 3. The number of fused-ring (bicyclic) bond motifs is 1. The zero-order valence-electron chi connectivity index (χ0n) is 21.5. The molecular formula is C28H28Cl2N4O4. The fourth-order valence-corrected chi connectivity index (χ4v) is 4.51. The van der Waals surface area contributed by atoms with E-state index in [9.17, 15) is 9.59 Å². The van der Waals surface area contributed by atoms with Crippen molar-refractivity contribution >= 4 is 45.8 Å². The number of aryl methyl sites for hydroxylation is 1. The molecule has 0 saturated carbocycles. The average molecular weight is 555 g/mol. The molecule has 2 amide bonds. The van der Waals surface area contributed by atoms with Crippen molar-refractivity contribution in [3.63, 3.8) is 0 Å². The number of rotatable bonds is 8. The summed E-state index contributed by atoms with van der Waals surface area (Å²) in [5.41, 5.74) is 2.21. The first-order valence-corrected chi connectivity index (χ1v) is 12.7. The topological polar surface area (TPSA) is 85.7 Å². The van der Waals surface area contributed by atoms with Crippen LogP contribution in [-0.2, 0) is 4.74 Å². The second-order valence-electron chi connectivity index (χ2n) is 8.72. The van der Waals surface area contributed by atoms with E-state index in [-0.39, 0.29) is 18.7 Å². The molecule has 0 radical (unpaired) electrons. The van der Waals surface area contributed by atoms with E-state index in [1.807, 2.05) is 32.0 Å². The van der Waals surface area contributed by atoms with Crippen LogP contribution in [0.5, 0.6) is 5.75 Å². The van der Waals surface area contributed by atoms with Crippen molar-refractivity contribution in [1.29, 1.82) is 0 Å². The molecule has 1 aromatic heterocycles. The van der Waals surface area contributed by atoms with Crippen LogP contribution in [0, 0.1) is 6.92 Å². The van der Waals surface area contributed by atoms with Crippen LogP contribution in [-0.4, -0.2) is 47.9 Å². The number of ether oxygens (including phenoxy) is 2. The summed E-state index contributed by atoms with van der Waals surface area (Å²) >= 11 is 12.2. The maximum atomic E-state index is 13.9. The average Bonchev–Trinajstić information content (AvgIpc) is 2.90. The van der Waals surface area contributed by atoms with Crippen LogP contribution in [0.2, 0.25) is 10.0 Å². The molecule has 0 fully saturated rings. The quantitative estimate of drug-likeness (QED) is 0.278. The summed E-state index contributed by atoms with van der Waals surface area (Å²) in [7, 11) is 3.11. The van der Waals surface area contributed by atoms with Crippen LogP contribution >= 0.6 is 23.2 Å². The largest absolute Gasteiger partial charge is 0.495 e. The van der Waals surface area contributed by atoms with Gasteiger partial charge in [0.15, 0.2) is 0 Å². The Morgan fingerprint density at radius 2 is 1.84 bits per heavy atom. The van der Waals surface area contributed by atoms with Crippen molar-refractivity contribution in [2.75, 3.05) is 32.7 Å². The van der Waals surface area contributed by atoms with Crippen molar-refractivity contribution in [1.82, 2.24) is 14.5 Å². The van der Waals surface area contributed by atoms with Gasteiger partial charge in [-0.2, -0.15) is 0 Å². The molecule has 8 nitrogen and oxygen atoms in total. The first-order chi connectivity index (χ1) is 18.2. The van der Waals surface area contributed by atoms with Gasteiger partial charge in [0.25, 0.3) is 5.56 Å². The van der Waals surface area contributed by atoms with Crippen LogP contribution in [0.1, 0.15) is 24.4 Å². The number of nitrogens with one attached hydrogen (secondary N) is 1. The Balaban J connectivity index is 1.87. The predicted octanol–water partition coefficient (Wildman–Crippen LogP) is 6.25. The number of anilines is 1. The molecular weight excluding hydrogens is 527 g/mol. The molecule has 198 valence electrons. The van der Waals surface area contributed by atoms with E-state index >= 15 is 0 Å². The zero-order valence-corrected chi connectivity index (χ0v) is 23.0. The van der Waals surface area contributed by atoms with Gasteiger partial charge >= 0.3 is 6.03 Å². The summed E-state index contributed by atoms with van der Waals surface area (Å²) in [4.78, 5) is 33.9. The number of methoxy groups -OCH3 is 2. The number of hydrogen-bond acceptors (Lipinski definition) is 5. The highest BCUT2D eigenvalue weighted by molar-refractivity contribution is 6.42. The molecule has 0 spiro atoms. The summed E-state index contributed by atoms with van der Waals surface area (Å²) in [6.07, 6.45) is 0. The molecule has 4 rings (SSSR count). The zero-order chi connectivity index (χ0) is 27.4. The summed E-state index contributed by atoms with van der Waals surface area (Å²) in [6.45, 7) is 4.25. The summed E-state index contributed by atoms with van der Waals surface area (Å²) < 4.78 is 12.4. The number of amides is 2. The van der Waals surface area contributed by atoms with E-state index < -0.39 is 12.1 Å². The van der Waals surface area contributed by atoms with E-state index in [4.69, 9.17) is 37.7 Å². The minimum Gasteiger partial charge on any atom is -0.495 e. The highest BCUT2D eigenvalue weighted by Crippen LogP contribution is 2.30. The Morgan fingerprint density at radius 3 is 2.55 bits per heavy atom. The standard InChI is InChI=1S/C28H28Cl2N4O4/c1-17-9-12-25(38-4)24(15-17)34-26(32-23-8-6-5-7-20(23)27(34)35)18(2)33(13-14-37-3)28(36)31-19-10-11-21(29)22(30)16-19/h5-12,15-16,18H,13-14H2,1-4H3,(H,31,36). The lowest BCUT2D eigenvalue weighted by molar-refractivity contribution is 0.137. The normalized spacial score (nSPS) is 11.8. The molecule has 1 heterocycles. The lowest BCUT2D eigenvalue weighted by Crippen LogP contribution is -2.41. The van der Waals surface area contributed by atoms with Crippen LogP contribution in [0.3, 0.4) is 0 Å². The number of benzene rings is 3. The van der Waals surface area contributed by atoms with Gasteiger partial charge < -0.3 is 19.7 Å². The van der Waals surface area contributed by atoms with Crippen molar-refractivity contribution in [2.24, 2.45) is 0 Å². The highest BCUT2D eigenvalue weighted by Gasteiger charge is 2.28. The number of carbonyl (C=O) groups excluding carboxylic acids is 1. The van der Waals surface area contributed by atoms with Crippen molar-refractivity contribution in [2.45, 2.75) is 19.9 Å². The number of aromatic nitrogens is 2. The molecule has 0 aliphatic heterocycles. The Hall–Kier alpha value is -3.59. The van der Waals surface area contributed by atoms with Crippen molar-refractivity contribution in [3.05, 3.63) is 92.5 Å². The highest BCUT2D eigenvalue weighted by atomic mass is 35.5. The van der Waals surface area contributed by atoms with Crippen LogP contribution in [0.4, 0.5) is 10.5 Å². The Labute approximate surface area is 230 Å². The minimum atomic E-state index is -0.643. The Bertz CT molecular complexity index is 1540. The first-order valence-electron chi connectivity index (χ1n) is 11.9. The maximum Gasteiger partial charge on any atom is 0.322 e. The van der Waals surface area contributed by atoms with Gasteiger partial charge in [-0.25, -0.2) is 9.78 Å². The molecule has 0 bridgehead atoms. The molecule has 3 aromatic carbocycles. The third-order valence-corrected chi connectivity index (χ3v) is 6.93. The molecule has 1 atom stereocenters. The maximum absolute atomic E-state index is 13.9. The van der Waals surface area contributed by atoms with E-state index in [1.165, 1.54) is 4.57 Å². The SMILES string of the molecule is COCCN(C(=O)Nc1ccc(Cl)c(Cl)c1)C(C)c1nc2ccccc2c(=O)n1-c1cc(C)ccc1OC. The van der Waals surface area contributed by atoms with Gasteiger partial charge in [-0.05, 0) is 61.9 Å². The number of halogens is 2. The fourth-order valence-electron chi connectivity index (χ4n) is 4.21. The smallest absolute Gasteiger partial charge is 0.322 e. The molecule has 0 aliphatic carbocycles. The molecule has 1 unspecified atom stereocenters.